The minimum atomic E-state index is -0.139. The van der Waals surface area contributed by atoms with Crippen molar-refractivity contribution < 1.29 is 4.79 Å². The molecule has 0 radical (unpaired) electrons. The third-order valence-electron chi connectivity index (χ3n) is 6.06. The van der Waals surface area contributed by atoms with Crippen LogP contribution in [-0.2, 0) is 11.8 Å². The van der Waals surface area contributed by atoms with Crippen LogP contribution < -0.4 is 15.5 Å². The average molecular weight is 453 g/mol. The number of hydrogen-bond donors (Lipinski definition) is 3. The molecular weight excluding hydrogens is 424 g/mol. The van der Waals surface area contributed by atoms with Crippen LogP contribution in [0.15, 0.2) is 18.3 Å². The highest BCUT2D eigenvalue weighted by molar-refractivity contribution is 5.90. The normalized spacial score (nSPS) is 17.2. The van der Waals surface area contributed by atoms with Crippen molar-refractivity contribution in [3.05, 3.63) is 24.0 Å². The summed E-state index contributed by atoms with van der Waals surface area (Å²) in [5, 5.41) is 24.8. The molecule has 1 aliphatic carbocycles. The second-order valence-corrected chi connectivity index (χ2v) is 8.62. The van der Waals surface area contributed by atoms with E-state index < -0.39 is 0 Å². The second kappa shape index (κ2) is 9.10. The Morgan fingerprint density at radius 3 is 2.79 bits per heavy atom. The molecule has 0 unspecified atom stereocenters. The highest BCUT2D eigenvalue weighted by Crippen LogP contribution is 2.39. The molecule has 0 spiro atoms. The van der Waals surface area contributed by atoms with Gasteiger partial charge in [0.2, 0.25) is 11.9 Å². The monoisotopic (exact) mass is 452 g/mol. The first-order valence-corrected chi connectivity index (χ1v) is 11.2. The number of nitrogens with one attached hydrogen (secondary N) is 3. The maximum absolute atomic E-state index is 12.2. The Hall–Kier alpha value is -3.61. The van der Waals surface area contributed by atoms with E-state index in [1.54, 1.807) is 13.2 Å². The van der Waals surface area contributed by atoms with Crippen molar-refractivity contribution in [2.24, 2.45) is 7.05 Å². The molecule has 13 heteroatoms. The van der Waals surface area contributed by atoms with E-state index in [-0.39, 0.29) is 11.9 Å². The summed E-state index contributed by atoms with van der Waals surface area (Å²) in [7, 11) is 3.67. The van der Waals surface area contributed by atoms with Gasteiger partial charge in [-0.1, -0.05) is 5.10 Å². The van der Waals surface area contributed by atoms with E-state index in [4.69, 9.17) is 0 Å². The van der Waals surface area contributed by atoms with E-state index in [1.807, 2.05) is 13.1 Å². The Labute approximate surface area is 191 Å². The molecule has 0 bridgehead atoms. The molecule has 0 atom stereocenters. The van der Waals surface area contributed by atoms with Crippen molar-refractivity contribution in [3.8, 4) is 0 Å². The van der Waals surface area contributed by atoms with Crippen molar-refractivity contribution in [2.45, 2.75) is 37.6 Å². The van der Waals surface area contributed by atoms with Gasteiger partial charge in [0.15, 0.2) is 5.82 Å². The minimum absolute atomic E-state index is 0.139. The van der Waals surface area contributed by atoms with Gasteiger partial charge in [-0.15, -0.1) is 5.10 Å². The van der Waals surface area contributed by atoms with E-state index in [1.165, 1.54) is 23.3 Å². The minimum Gasteiger partial charge on any atom is -0.341 e. The molecule has 3 N–H and O–H groups in total. The molecular formula is C20H28N12O. The summed E-state index contributed by atoms with van der Waals surface area (Å²) in [5.74, 6) is 2.87. The lowest BCUT2D eigenvalue weighted by molar-refractivity contribution is -0.117. The molecule has 1 aliphatic heterocycles. The van der Waals surface area contributed by atoms with Crippen LogP contribution in [0.1, 0.15) is 37.3 Å². The number of aryl methyl sites for hydroxylation is 1. The Balaban J connectivity index is 1.12. The predicted octanol–water partition coefficient (Wildman–Crippen LogP) is 0.883. The zero-order valence-electron chi connectivity index (χ0n) is 18.8. The lowest BCUT2D eigenvalue weighted by atomic mass is 10.0. The van der Waals surface area contributed by atoms with Crippen molar-refractivity contribution >= 4 is 29.4 Å². The van der Waals surface area contributed by atoms with E-state index in [2.05, 4.69) is 62.1 Å². The van der Waals surface area contributed by atoms with E-state index in [9.17, 15) is 4.79 Å². The van der Waals surface area contributed by atoms with Gasteiger partial charge in [0, 0.05) is 50.1 Å². The summed E-state index contributed by atoms with van der Waals surface area (Å²) in [6.07, 6.45) is 6.05. The molecule has 1 saturated carbocycles. The number of tetrazole rings is 1. The summed E-state index contributed by atoms with van der Waals surface area (Å²) in [4.78, 5) is 26.9. The number of carbonyl (C=O) groups is 1. The summed E-state index contributed by atoms with van der Waals surface area (Å²) in [5.41, 5.74) is 1.18. The first-order valence-electron chi connectivity index (χ1n) is 11.2. The van der Waals surface area contributed by atoms with Crippen LogP contribution in [0.3, 0.4) is 0 Å². The van der Waals surface area contributed by atoms with Gasteiger partial charge >= 0.3 is 0 Å². The summed E-state index contributed by atoms with van der Waals surface area (Å²) < 4.78 is 0. The van der Waals surface area contributed by atoms with Crippen LogP contribution in [-0.4, -0.2) is 83.9 Å². The third kappa shape index (κ3) is 5.25. The molecule has 3 aromatic rings. The van der Waals surface area contributed by atoms with Crippen LogP contribution in [0.5, 0.6) is 0 Å². The third-order valence-corrected chi connectivity index (χ3v) is 6.06. The van der Waals surface area contributed by atoms with Crippen LogP contribution in [0, 0.1) is 0 Å². The Bertz CT molecular complexity index is 1100. The number of amides is 1. The molecule has 13 nitrogen and oxygen atoms in total. The molecule has 1 amide bonds. The lowest BCUT2D eigenvalue weighted by Crippen LogP contribution is -2.46. The topological polar surface area (TPSA) is 146 Å². The number of carbonyl (C=O) groups excluding carboxylic acids is 1. The first kappa shape index (κ1) is 21.2. The number of likely N-dealkylation sites (tertiary alicyclic amines) is 1. The lowest BCUT2D eigenvalue weighted by Gasteiger charge is -2.36. The number of H-pyrrole nitrogens is 1. The second-order valence-electron chi connectivity index (χ2n) is 8.62. The van der Waals surface area contributed by atoms with Crippen molar-refractivity contribution in [1.29, 1.82) is 0 Å². The van der Waals surface area contributed by atoms with Gasteiger partial charge in [0.05, 0.1) is 13.6 Å². The van der Waals surface area contributed by atoms with Gasteiger partial charge in [-0.2, -0.15) is 14.9 Å². The molecule has 2 aliphatic rings. The number of nitrogens with zero attached hydrogens (tertiary/aromatic N) is 9. The van der Waals surface area contributed by atoms with Crippen LogP contribution in [0.4, 0.5) is 23.5 Å². The highest BCUT2D eigenvalue weighted by Gasteiger charge is 2.27. The fourth-order valence-corrected chi connectivity index (χ4v) is 4.05. The molecule has 5 rings (SSSR count). The van der Waals surface area contributed by atoms with Crippen molar-refractivity contribution in [2.75, 3.05) is 42.2 Å². The van der Waals surface area contributed by atoms with Crippen LogP contribution in [0.25, 0.3) is 0 Å². The van der Waals surface area contributed by atoms with Crippen molar-refractivity contribution in [1.82, 2.24) is 45.3 Å². The number of aromatic nitrogens is 8. The standard InChI is InChI=1S/C20H28N12O/c1-30(14-6-9-32(10-7-14)12-18(33)24-19-27-29-31(2)28-19)20-21-8-5-16(23-20)22-17-11-15(25-26-17)13-3-4-13/h5,8,11,13-14H,3-4,6-7,9-10,12H2,1-2H3,(H,24,28,33)(H2,21,22,23,25,26). The Kier molecular flexibility index (Phi) is 5.86. The molecule has 174 valence electrons. The Morgan fingerprint density at radius 2 is 2.06 bits per heavy atom. The summed E-state index contributed by atoms with van der Waals surface area (Å²) >= 11 is 0. The number of anilines is 4. The van der Waals surface area contributed by atoms with Gasteiger partial charge in [-0.3, -0.25) is 20.1 Å². The van der Waals surface area contributed by atoms with Gasteiger partial charge < -0.3 is 10.2 Å². The van der Waals surface area contributed by atoms with E-state index in [0.717, 1.165) is 31.7 Å². The zero-order valence-corrected chi connectivity index (χ0v) is 18.8. The van der Waals surface area contributed by atoms with E-state index in [0.29, 0.717) is 30.3 Å². The number of hydrogen-bond acceptors (Lipinski definition) is 10. The largest absolute Gasteiger partial charge is 0.341 e. The highest BCUT2D eigenvalue weighted by atomic mass is 16.2. The quantitative estimate of drug-likeness (QED) is 0.450. The van der Waals surface area contributed by atoms with Gasteiger partial charge in [0.1, 0.15) is 5.82 Å². The van der Waals surface area contributed by atoms with Crippen LogP contribution >= 0.6 is 0 Å². The zero-order chi connectivity index (χ0) is 22.8. The maximum atomic E-state index is 12.2. The van der Waals surface area contributed by atoms with Gasteiger partial charge in [0.25, 0.3) is 5.95 Å². The fraction of sp³-hybridized carbons (Fsp3) is 0.550. The Morgan fingerprint density at radius 1 is 1.24 bits per heavy atom. The SMILES string of the molecule is CN(c1nccc(Nc2cc(C3CC3)[nH]n2)n1)C1CCN(CC(=O)Nc2nnn(C)n2)CC1. The smallest absolute Gasteiger partial charge is 0.270 e. The number of rotatable bonds is 8. The maximum Gasteiger partial charge on any atom is 0.270 e. The summed E-state index contributed by atoms with van der Waals surface area (Å²) in [6, 6.07) is 4.19. The molecule has 0 aromatic carbocycles. The molecule has 1 saturated heterocycles. The molecule has 33 heavy (non-hydrogen) atoms. The molecule has 4 heterocycles. The first-order chi connectivity index (χ1) is 16.0. The van der Waals surface area contributed by atoms with Gasteiger partial charge in [-0.25, -0.2) is 4.98 Å². The number of piperidine rings is 1. The summed E-state index contributed by atoms with van der Waals surface area (Å²) in [6.45, 7) is 1.92. The fourth-order valence-electron chi connectivity index (χ4n) is 4.05. The number of aromatic amines is 1. The molecule has 2 fully saturated rings. The van der Waals surface area contributed by atoms with Gasteiger partial charge in [-0.05, 0) is 37.0 Å². The van der Waals surface area contributed by atoms with Crippen molar-refractivity contribution in [3.63, 3.8) is 0 Å². The van der Waals surface area contributed by atoms with Crippen LogP contribution in [0.2, 0.25) is 0 Å². The average Bonchev–Trinajstić information content (AvgIpc) is 3.43. The molecule has 3 aromatic heterocycles. The predicted molar refractivity (Wildman–Crippen MR) is 121 cm³/mol. The van der Waals surface area contributed by atoms with E-state index >= 15 is 0 Å².